The average molecular weight is 538 g/mol. The van der Waals surface area contributed by atoms with Crippen LogP contribution in [0.15, 0.2) is 60.9 Å². The number of aryl methyl sites for hydroxylation is 1. The van der Waals surface area contributed by atoms with Crippen molar-refractivity contribution in [3.05, 3.63) is 72.1 Å². The molecule has 1 aliphatic rings. The largest absolute Gasteiger partial charge is 0.416 e. The molecule has 0 saturated carbocycles. The lowest BCUT2D eigenvalue weighted by Crippen LogP contribution is -2.45. The van der Waals surface area contributed by atoms with Gasteiger partial charge in [-0.2, -0.15) is 18.3 Å². The number of amides is 2. The summed E-state index contributed by atoms with van der Waals surface area (Å²) in [6.07, 6.45) is -1.04. The maximum absolute atomic E-state index is 13.9. The summed E-state index contributed by atoms with van der Waals surface area (Å²) < 4.78 is 43.4. The molecule has 1 aliphatic heterocycles. The number of carbonyl (C=O) groups excluding carboxylic acids is 1. The molecule has 2 amide bonds. The number of nitrogens with zero attached hydrogens (tertiary/aromatic N) is 5. The highest BCUT2D eigenvalue weighted by molar-refractivity contribution is 5.99. The van der Waals surface area contributed by atoms with Gasteiger partial charge in [-0.05, 0) is 41.8 Å². The van der Waals surface area contributed by atoms with Crippen LogP contribution in [0.3, 0.4) is 0 Å². The smallest absolute Gasteiger partial charge is 0.308 e. The number of urea groups is 1. The Balaban J connectivity index is 1.27. The Morgan fingerprint density at radius 3 is 2.46 bits per heavy atom. The Labute approximate surface area is 224 Å². The number of fused-ring (bicyclic) bond motifs is 1. The summed E-state index contributed by atoms with van der Waals surface area (Å²) in [7, 11) is 1.75. The lowest BCUT2D eigenvalue weighted by molar-refractivity contribution is -0.138. The predicted octanol–water partition coefficient (Wildman–Crippen LogP) is 5.44. The van der Waals surface area contributed by atoms with Crippen LogP contribution in [0.1, 0.15) is 18.1 Å². The van der Waals surface area contributed by atoms with Crippen LogP contribution in [0.4, 0.5) is 29.5 Å². The van der Waals surface area contributed by atoms with Crippen LogP contribution in [0, 0.1) is 0 Å². The topological polar surface area (TPSA) is 78.3 Å². The van der Waals surface area contributed by atoms with Crippen LogP contribution in [0.5, 0.6) is 0 Å². The zero-order chi connectivity index (χ0) is 27.6. The number of benzene rings is 2. The number of rotatable bonds is 6. The van der Waals surface area contributed by atoms with E-state index in [1.807, 2.05) is 29.2 Å². The van der Waals surface area contributed by atoms with Gasteiger partial charge in [0.15, 0.2) is 5.82 Å². The third-order valence-electron chi connectivity index (χ3n) is 7.04. The first-order valence-electron chi connectivity index (χ1n) is 12.8. The summed E-state index contributed by atoms with van der Waals surface area (Å²) in [6.45, 7) is 6.33. The van der Waals surface area contributed by atoms with Crippen LogP contribution in [0.25, 0.3) is 22.0 Å². The molecule has 1 fully saturated rings. The minimum absolute atomic E-state index is 0.0533. The second kappa shape index (κ2) is 11.0. The van der Waals surface area contributed by atoms with E-state index in [1.165, 1.54) is 12.1 Å². The fourth-order valence-corrected chi connectivity index (χ4v) is 4.88. The maximum atomic E-state index is 13.9. The number of piperazine rings is 1. The molecule has 5 rings (SSSR count). The fraction of sp³-hybridized carbons (Fsp3) is 0.321. The van der Waals surface area contributed by atoms with Crippen molar-refractivity contribution >= 4 is 28.3 Å². The van der Waals surface area contributed by atoms with Gasteiger partial charge < -0.3 is 10.2 Å². The second-order valence-corrected chi connectivity index (χ2v) is 9.64. The molecule has 2 aromatic heterocycles. The standard InChI is InChI=1S/C28H30F3N7O/c1-3-37-10-12-38(13-11-37)18-21-6-7-23(15-24(21)28(29,30)31)33-27(39)34-26-16-25(36(2)35-26)20-5-4-19-8-9-32-17-22(19)14-20/h4-9,14-17H,3,10-13,18H2,1-2H3,(H2,33,34,35,39). The van der Waals surface area contributed by atoms with Gasteiger partial charge in [0, 0.05) is 74.9 Å². The number of pyridine rings is 1. The van der Waals surface area contributed by atoms with E-state index in [4.69, 9.17) is 0 Å². The van der Waals surface area contributed by atoms with Gasteiger partial charge in [-0.1, -0.05) is 25.1 Å². The lowest BCUT2D eigenvalue weighted by atomic mass is 10.0. The van der Waals surface area contributed by atoms with Crippen molar-refractivity contribution in [3.8, 4) is 11.3 Å². The minimum atomic E-state index is -4.54. The zero-order valence-corrected chi connectivity index (χ0v) is 21.8. The third kappa shape index (κ3) is 6.21. The van der Waals surface area contributed by atoms with Crippen molar-refractivity contribution in [3.63, 3.8) is 0 Å². The molecule has 4 aromatic rings. The van der Waals surface area contributed by atoms with E-state index in [1.54, 1.807) is 30.2 Å². The number of anilines is 2. The molecule has 2 N–H and O–H groups in total. The van der Waals surface area contributed by atoms with Gasteiger partial charge in [-0.25, -0.2) is 4.79 Å². The molecule has 3 heterocycles. The molecule has 39 heavy (non-hydrogen) atoms. The normalized spacial score (nSPS) is 15.0. The lowest BCUT2D eigenvalue weighted by Gasteiger charge is -2.34. The summed E-state index contributed by atoms with van der Waals surface area (Å²) in [6, 6.07) is 12.8. The fourth-order valence-electron chi connectivity index (χ4n) is 4.88. The Hall–Kier alpha value is -3.96. The van der Waals surface area contributed by atoms with Crippen LogP contribution >= 0.6 is 0 Å². The quantitative estimate of drug-likeness (QED) is 0.343. The van der Waals surface area contributed by atoms with Crippen molar-refractivity contribution in [2.75, 3.05) is 43.4 Å². The molecule has 8 nitrogen and oxygen atoms in total. The Bertz CT molecular complexity index is 1480. The van der Waals surface area contributed by atoms with E-state index >= 15 is 0 Å². The highest BCUT2D eigenvalue weighted by Crippen LogP contribution is 2.35. The highest BCUT2D eigenvalue weighted by Gasteiger charge is 2.34. The van der Waals surface area contributed by atoms with Crippen molar-refractivity contribution in [1.29, 1.82) is 0 Å². The van der Waals surface area contributed by atoms with Gasteiger partial charge in [0.2, 0.25) is 0 Å². The molecule has 2 aromatic carbocycles. The number of hydrogen-bond donors (Lipinski definition) is 2. The second-order valence-electron chi connectivity index (χ2n) is 9.64. The van der Waals surface area contributed by atoms with E-state index in [9.17, 15) is 18.0 Å². The first-order chi connectivity index (χ1) is 18.7. The molecule has 204 valence electrons. The van der Waals surface area contributed by atoms with Crippen LogP contribution in [-0.4, -0.2) is 63.3 Å². The Kier molecular flexibility index (Phi) is 7.53. The molecule has 0 atom stereocenters. The van der Waals surface area contributed by atoms with Crippen molar-refractivity contribution in [1.82, 2.24) is 24.6 Å². The van der Waals surface area contributed by atoms with Gasteiger partial charge in [0.25, 0.3) is 0 Å². The summed E-state index contributed by atoms with van der Waals surface area (Å²) in [4.78, 5) is 21.1. The number of hydrogen-bond acceptors (Lipinski definition) is 5. The summed E-state index contributed by atoms with van der Waals surface area (Å²) in [5, 5.41) is 11.5. The van der Waals surface area contributed by atoms with Gasteiger partial charge in [-0.15, -0.1) is 0 Å². The van der Waals surface area contributed by atoms with E-state index in [0.29, 0.717) is 0 Å². The number of carbonyl (C=O) groups is 1. The highest BCUT2D eigenvalue weighted by atomic mass is 19.4. The molecule has 0 radical (unpaired) electrons. The first kappa shape index (κ1) is 26.6. The maximum Gasteiger partial charge on any atom is 0.416 e. The predicted molar refractivity (Wildman–Crippen MR) is 145 cm³/mol. The number of likely N-dealkylation sites (N-methyl/N-ethyl adjacent to an activating group) is 1. The number of halogens is 3. The van der Waals surface area contributed by atoms with Crippen molar-refractivity contribution in [2.24, 2.45) is 7.05 Å². The molecular formula is C28H30F3N7O. The van der Waals surface area contributed by atoms with Crippen molar-refractivity contribution in [2.45, 2.75) is 19.6 Å². The van der Waals surface area contributed by atoms with E-state index < -0.39 is 17.8 Å². The SMILES string of the molecule is CCN1CCN(Cc2ccc(NC(=O)Nc3cc(-c4ccc5ccncc5c4)n(C)n3)cc2C(F)(F)F)CC1. The van der Waals surface area contributed by atoms with E-state index in [0.717, 1.165) is 60.8 Å². The molecule has 0 unspecified atom stereocenters. The van der Waals surface area contributed by atoms with Gasteiger partial charge in [0.05, 0.1) is 11.3 Å². The molecule has 1 saturated heterocycles. The Morgan fingerprint density at radius 2 is 1.72 bits per heavy atom. The van der Waals surface area contributed by atoms with Crippen molar-refractivity contribution < 1.29 is 18.0 Å². The summed E-state index contributed by atoms with van der Waals surface area (Å²) in [5.41, 5.74) is 1.15. The van der Waals surface area contributed by atoms with E-state index in [-0.39, 0.29) is 23.6 Å². The minimum Gasteiger partial charge on any atom is -0.308 e. The first-order valence-corrected chi connectivity index (χ1v) is 12.8. The monoisotopic (exact) mass is 537 g/mol. The van der Waals surface area contributed by atoms with Crippen LogP contribution in [0.2, 0.25) is 0 Å². The molecular weight excluding hydrogens is 507 g/mol. The molecule has 0 aliphatic carbocycles. The number of alkyl halides is 3. The molecule has 0 bridgehead atoms. The number of aromatic nitrogens is 3. The summed E-state index contributed by atoms with van der Waals surface area (Å²) in [5.74, 6) is 0.273. The Morgan fingerprint density at radius 1 is 0.949 bits per heavy atom. The molecule has 0 spiro atoms. The molecule has 11 heteroatoms. The van der Waals surface area contributed by atoms with Gasteiger partial charge >= 0.3 is 12.2 Å². The zero-order valence-electron chi connectivity index (χ0n) is 21.8. The van der Waals surface area contributed by atoms with Crippen LogP contribution < -0.4 is 10.6 Å². The van der Waals surface area contributed by atoms with Crippen LogP contribution in [-0.2, 0) is 19.8 Å². The average Bonchev–Trinajstić information content (AvgIpc) is 3.28. The van der Waals surface area contributed by atoms with E-state index in [2.05, 4.69) is 32.5 Å². The van der Waals surface area contributed by atoms with Gasteiger partial charge in [-0.3, -0.25) is 19.9 Å². The summed E-state index contributed by atoms with van der Waals surface area (Å²) >= 11 is 0. The number of nitrogens with one attached hydrogen (secondary N) is 2. The van der Waals surface area contributed by atoms with Gasteiger partial charge in [0.1, 0.15) is 0 Å². The third-order valence-corrected chi connectivity index (χ3v) is 7.04.